The van der Waals surface area contributed by atoms with Crippen molar-refractivity contribution < 1.29 is 4.79 Å². The smallest absolute Gasteiger partial charge is 0.279 e. The second-order valence-electron chi connectivity index (χ2n) is 6.18. The number of para-hydroxylation sites is 2. The van der Waals surface area contributed by atoms with E-state index >= 15 is 0 Å². The number of hydrogen-bond acceptors (Lipinski definition) is 4. The molecule has 0 bridgehead atoms. The predicted octanol–water partition coefficient (Wildman–Crippen LogP) is 4.45. The van der Waals surface area contributed by atoms with Crippen molar-refractivity contribution in [2.45, 2.75) is 13.8 Å². The van der Waals surface area contributed by atoms with E-state index in [1.165, 1.54) is 0 Å². The van der Waals surface area contributed by atoms with Gasteiger partial charge in [0.25, 0.3) is 5.91 Å². The van der Waals surface area contributed by atoms with Crippen LogP contribution >= 0.6 is 15.9 Å². The lowest BCUT2D eigenvalue weighted by molar-refractivity contribution is 0.102. The highest BCUT2D eigenvalue weighted by Crippen LogP contribution is 2.25. The molecule has 6 nitrogen and oxygen atoms in total. The summed E-state index contributed by atoms with van der Waals surface area (Å²) in [5, 5.41) is 12.1. The fourth-order valence-corrected chi connectivity index (χ4v) is 3.59. The van der Waals surface area contributed by atoms with Crippen LogP contribution in [0.15, 0.2) is 59.1 Å². The summed E-state index contributed by atoms with van der Waals surface area (Å²) < 4.78 is 2.56. The van der Waals surface area contributed by atoms with Crippen LogP contribution in [-0.2, 0) is 0 Å². The van der Waals surface area contributed by atoms with Crippen LogP contribution in [0.3, 0.4) is 0 Å². The number of aromatic nitrogens is 4. The minimum absolute atomic E-state index is 0.264. The van der Waals surface area contributed by atoms with Gasteiger partial charge in [-0.25, -0.2) is 9.67 Å². The summed E-state index contributed by atoms with van der Waals surface area (Å²) in [6.07, 6.45) is 0. The zero-order valence-corrected chi connectivity index (χ0v) is 16.4. The number of carbonyl (C=O) groups is 1. The first-order chi connectivity index (χ1) is 13.0. The maximum Gasteiger partial charge on any atom is 0.279 e. The second-order valence-corrected chi connectivity index (χ2v) is 7.04. The molecule has 4 rings (SSSR count). The van der Waals surface area contributed by atoms with E-state index in [-0.39, 0.29) is 11.6 Å². The van der Waals surface area contributed by atoms with Gasteiger partial charge in [0.05, 0.1) is 16.9 Å². The van der Waals surface area contributed by atoms with E-state index in [1.54, 1.807) is 10.7 Å². The molecule has 2 heterocycles. The molecule has 1 N–H and O–H groups in total. The van der Waals surface area contributed by atoms with Gasteiger partial charge in [0.15, 0.2) is 5.69 Å². The van der Waals surface area contributed by atoms with E-state index in [2.05, 4.69) is 36.5 Å². The van der Waals surface area contributed by atoms with Gasteiger partial charge in [0, 0.05) is 9.86 Å². The Morgan fingerprint density at radius 1 is 1.04 bits per heavy atom. The summed E-state index contributed by atoms with van der Waals surface area (Å²) in [5.74, 6) is 0.135. The molecule has 2 aromatic carbocycles. The summed E-state index contributed by atoms with van der Waals surface area (Å²) in [6, 6.07) is 17.3. The van der Waals surface area contributed by atoms with E-state index in [4.69, 9.17) is 0 Å². The lowest BCUT2D eigenvalue weighted by Gasteiger charge is -2.09. The van der Waals surface area contributed by atoms with E-state index in [0.717, 1.165) is 26.6 Å². The maximum atomic E-state index is 12.7. The highest BCUT2D eigenvalue weighted by Gasteiger charge is 2.20. The maximum absolute atomic E-state index is 12.7. The van der Waals surface area contributed by atoms with Gasteiger partial charge in [-0.3, -0.25) is 4.79 Å². The minimum Gasteiger partial charge on any atom is -0.305 e. The van der Waals surface area contributed by atoms with Gasteiger partial charge >= 0.3 is 0 Å². The van der Waals surface area contributed by atoms with E-state index < -0.39 is 0 Å². The van der Waals surface area contributed by atoms with Crippen molar-refractivity contribution in [3.05, 3.63) is 76.0 Å². The number of nitrogens with zero attached hydrogens (tertiary/aromatic N) is 4. The molecule has 7 heteroatoms. The van der Waals surface area contributed by atoms with Crippen LogP contribution in [0.1, 0.15) is 21.7 Å². The topological polar surface area (TPSA) is 72.7 Å². The number of nitrogens with one attached hydrogen (secondary N) is 1. The Balaban J connectivity index is 1.65. The van der Waals surface area contributed by atoms with Crippen molar-refractivity contribution >= 4 is 38.6 Å². The molecular formula is C20H16BrN5O. The third-order valence-electron chi connectivity index (χ3n) is 4.35. The first-order valence-corrected chi connectivity index (χ1v) is 9.19. The Hall–Kier alpha value is -3.06. The number of benzene rings is 2. The summed E-state index contributed by atoms with van der Waals surface area (Å²) >= 11 is 3.54. The number of carbonyl (C=O) groups excluding carboxylic acids is 1. The summed E-state index contributed by atoms with van der Waals surface area (Å²) in [6.45, 7) is 3.81. The number of halogens is 1. The number of fused-ring (bicyclic) bond motifs is 1. The first kappa shape index (κ1) is 17.4. The van der Waals surface area contributed by atoms with Crippen LogP contribution in [0.4, 0.5) is 5.82 Å². The number of aryl methyl sites for hydroxylation is 1. The fourth-order valence-electron chi connectivity index (χ4n) is 2.95. The molecule has 0 saturated carbocycles. The van der Waals surface area contributed by atoms with Gasteiger partial charge < -0.3 is 5.32 Å². The molecule has 27 heavy (non-hydrogen) atoms. The highest BCUT2D eigenvalue weighted by atomic mass is 79.9. The first-order valence-electron chi connectivity index (χ1n) is 8.39. The molecule has 4 aromatic rings. The molecule has 0 fully saturated rings. The number of pyridine rings is 1. The molecule has 0 aliphatic carbocycles. The molecule has 134 valence electrons. The summed E-state index contributed by atoms with van der Waals surface area (Å²) in [7, 11) is 0. The van der Waals surface area contributed by atoms with Gasteiger partial charge in [-0.15, -0.1) is 5.10 Å². The molecule has 2 aromatic heterocycles. The van der Waals surface area contributed by atoms with Crippen molar-refractivity contribution in [1.29, 1.82) is 0 Å². The lowest BCUT2D eigenvalue weighted by Crippen LogP contribution is -2.15. The molecule has 1 amide bonds. The van der Waals surface area contributed by atoms with Crippen molar-refractivity contribution in [3.63, 3.8) is 0 Å². The van der Waals surface area contributed by atoms with Gasteiger partial charge in [-0.05, 0) is 59.6 Å². The quantitative estimate of drug-likeness (QED) is 0.530. The van der Waals surface area contributed by atoms with Gasteiger partial charge in [-0.2, -0.15) is 0 Å². The second kappa shape index (κ2) is 6.92. The van der Waals surface area contributed by atoms with Crippen LogP contribution < -0.4 is 5.32 Å². The summed E-state index contributed by atoms with van der Waals surface area (Å²) in [5.41, 5.74) is 3.63. The van der Waals surface area contributed by atoms with Gasteiger partial charge in [0.2, 0.25) is 0 Å². The van der Waals surface area contributed by atoms with E-state index in [0.29, 0.717) is 11.5 Å². The molecule has 0 aliphatic rings. The van der Waals surface area contributed by atoms with Crippen molar-refractivity contribution in [3.8, 4) is 5.69 Å². The third kappa shape index (κ3) is 3.21. The van der Waals surface area contributed by atoms with Crippen LogP contribution in [0.5, 0.6) is 0 Å². The van der Waals surface area contributed by atoms with Crippen molar-refractivity contribution in [2.24, 2.45) is 0 Å². The predicted molar refractivity (Wildman–Crippen MR) is 108 cm³/mol. The molecule has 0 radical (unpaired) electrons. The fraction of sp³-hybridized carbons (Fsp3) is 0.100. The normalized spacial score (nSPS) is 10.9. The Morgan fingerprint density at radius 3 is 2.67 bits per heavy atom. The number of hydrogen-bond donors (Lipinski definition) is 1. The van der Waals surface area contributed by atoms with Gasteiger partial charge in [0.1, 0.15) is 5.82 Å². The zero-order valence-electron chi connectivity index (χ0n) is 14.8. The number of rotatable bonds is 3. The summed E-state index contributed by atoms with van der Waals surface area (Å²) in [4.78, 5) is 17.2. The van der Waals surface area contributed by atoms with Crippen LogP contribution in [-0.4, -0.2) is 25.9 Å². The minimum atomic E-state index is -0.341. The monoisotopic (exact) mass is 421 g/mol. The Morgan fingerprint density at radius 2 is 1.85 bits per heavy atom. The van der Waals surface area contributed by atoms with Crippen LogP contribution in [0, 0.1) is 13.8 Å². The Labute approximate surface area is 164 Å². The molecule has 0 atom stereocenters. The Bertz CT molecular complexity index is 1150. The average Bonchev–Trinajstić information content (AvgIpc) is 3.03. The van der Waals surface area contributed by atoms with Gasteiger partial charge in [-0.1, -0.05) is 35.5 Å². The van der Waals surface area contributed by atoms with Crippen LogP contribution in [0.25, 0.3) is 16.6 Å². The molecule has 0 saturated heterocycles. The molecular weight excluding hydrogens is 406 g/mol. The molecule has 0 unspecified atom stereocenters. The SMILES string of the molecule is Cc1cccc(Br)c1-n1nnc(C(=O)Nc2ccc3ccccc3n2)c1C. The standard InChI is InChI=1S/C20H16BrN5O/c1-12-6-5-8-15(21)19(12)26-13(2)18(24-25-26)20(27)23-17-11-10-14-7-3-4-9-16(14)22-17/h3-11H,1-2H3,(H,22,23,27). The average molecular weight is 422 g/mol. The van der Waals surface area contributed by atoms with E-state index in [9.17, 15) is 4.79 Å². The molecule has 0 aliphatic heterocycles. The largest absolute Gasteiger partial charge is 0.305 e. The van der Waals surface area contributed by atoms with E-state index in [1.807, 2.05) is 62.4 Å². The van der Waals surface area contributed by atoms with Crippen molar-refractivity contribution in [2.75, 3.05) is 5.32 Å². The number of amides is 1. The van der Waals surface area contributed by atoms with Crippen LogP contribution in [0.2, 0.25) is 0 Å². The third-order valence-corrected chi connectivity index (χ3v) is 4.99. The van der Waals surface area contributed by atoms with Crippen molar-refractivity contribution in [1.82, 2.24) is 20.0 Å². The Kier molecular flexibility index (Phi) is 4.45. The number of anilines is 1. The highest BCUT2D eigenvalue weighted by molar-refractivity contribution is 9.10. The lowest BCUT2D eigenvalue weighted by atomic mass is 10.2. The molecule has 0 spiro atoms. The zero-order chi connectivity index (χ0) is 19.0.